The predicted molar refractivity (Wildman–Crippen MR) is 134 cm³/mol. The number of ether oxygens (including phenoxy) is 3. The quantitative estimate of drug-likeness (QED) is 0.497. The van der Waals surface area contributed by atoms with E-state index in [9.17, 15) is 4.79 Å². The number of hydrogen-bond donors (Lipinski definition) is 1. The normalized spacial score (nSPS) is 15.6. The molecule has 3 aromatic heterocycles. The third kappa shape index (κ3) is 5.27. The Morgan fingerprint density at radius 2 is 1.89 bits per heavy atom. The van der Waals surface area contributed by atoms with Crippen molar-refractivity contribution in [2.45, 2.75) is 38.8 Å². The number of halogens is 1. The summed E-state index contributed by atoms with van der Waals surface area (Å²) in [5, 5.41) is 5.45. The second kappa shape index (κ2) is 9.62. The SMILES string of the molecule is COc1cc(C#Cc2nn([C@H]3CCN(C(=O)OC(C)(C)C)C3)c3c(Br)cnc(N)c23)cc(OC)n1. The number of pyridine rings is 2. The van der Waals surface area contributed by atoms with Gasteiger partial charge in [0.2, 0.25) is 11.8 Å². The predicted octanol–water partition coefficient (Wildman–Crippen LogP) is 3.77. The van der Waals surface area contributed by atoms with Crippen LogP contribution in [0.25, 0.3) is 10.9 Å². The lowest BCUT2D eigenvalue weighted by molar-refractivity contribution is 0.0288. The highest BCUT2D eigenvalue weighted by Gasteiger charge is 2.33. The molecule has 1 atom stereocenters. The van der Waals surface area contributed by atoms with Crippen molar-refractivity contribution in [3.05, 3.63) is 34.1 Å². The number of nitrogens with zero attached hydrogens (tertiary/aromatic N) is 5. The van der Waals surface area contributed by atoms with Crippen LogP contribution in [0.15, 0.2) is 22.8 Å². The highest BCUT2D eigenvalue weighted by molar-refractivity contribution is 9.10. The highest BCUT2D eigenvalue weighted by atomic mass is 79.9. The topological polar surface area (TPSA) is 118 Å². The van der Waals surface area contributed by atoms with Crippen LogP contribution in [0.2, 0.25) is 0 Å². The summed E-state index contributed by atoms with van der Waals surface area (Å²) in [5.41, 5.74) is 7.61. The fourth-order valence-corrected chi connectivity index (χ4v) is 4.32. The van der Waals surface area contributed by atoms with Crippen molar-refractivity contribution in [1.29, 1.82) is 0 Å². The standard InChI is InChI=1S/C24H27BrN6O4/c1-24(2,3)35-23(32)30-9-8-15(13-30)31-21-16(25)12-27-22(26)20(21)17(29-31)7-6-14-10-18(33-4)28-19(11-14)34-5/h10-12,15H,8-9,13H2,1-5H3,(H2,26,27)/t15-/m0/s1. The van der Waals surface area contributed by atoms with Gasteiger partial charge in [0.15, 0.2) is 0 Å². The summed E-state index contributed by atoms with van der Waals surface area (Å²) in [7, 11) is 3.06. The number of nitrogen functional groups attached to an aromatic ring is 1. The molecule has 0 aliphatic carbocycles. The summed E-state index contributed by atoms with van der Waals surface area (Å²) in [4.78, 5) is 22.7. The summed E-state index contributed by atoms with van der Waals surface area (Å²) in [5.74, 6) is 7.32. The molecule has 2 N–H and O–H groups in total. The van der Waals surface area contributed by atoms with Crippen LogP contribution < -0.4 is 15.2 Å². The summed E-state index contributed by atoms with van der Waals surface area (Å²) in [6.45, 7) is 6.59. The third-order valence-electron chi connectivity index (χ3n) is 5.39. The molecular formula is C24H27BrN6O4. The van der Waals surface area contributed by atoms with Gasteiger partial charge in [0.1, 0.15) is 17.1 Å². The lowest BCUT2D eigenvalue weighted by atomic mass is 10.2. The van der Waals surface area contributed by atoms with Gasteiger partial charge in [-0.15, -0.1) is 0 Å². The van der Waals surface area contributed by atoms with Gasteiger partial charge in [-0.2, -0.15) is 10.1 Å². The molecule has 3 aromatic rings. The van der Waals surface area contributed by atoms with Crippen molar-refractivity contribution < 1.29 is 19.0 Å². The number of nitrogens with two attached hydrogens (primary N) is 1. The summed E-state index contributed by atoms with van der Waals surface area (Å²) in [6, 6.07) is 3.35. The van der Waals surface area contributed by atoms with E-state index in [2.05, 4.69) is 37.7 Å². The van der Waals surface area contributed by atoms with Crippen molar-refractivity contribution in [3.8, 4) is 23.6 Å². The zero-order valence-electron chi connectivity index (χ0n) is 20.3. The monoisotopic (exact) mass is 542 g/mol. The molecule has 11 heteroatoms. The van der Waals surface area contributed by atoms with Gasteiger partial charge in [0.05, 0.1) is 35.6 Å². The number of rotatable bonds is 3. The van der Waals surface area contributed by atoms with Gasteiger partial charge < -0.3 is 24.8 Å². The number of anilines is 1. The largest absolute Gasteiger partial charge is 0.481 e. The van der Waals surface area contributed by atoms with Gasteiger partial charge in [-0.1, -0.05) is 5.92 Å². The van der Waals surface area contributed by atoms with Crippen molar-refractivity contribution >= 4 is 38.7 Å². The lowest BCUT2D eigenvalue weighted by Gasteiger charge is -2.24. The molecule has 0 radical (unpaired) electrons. The molecule has 1 saturated heterocycles. The Hall–Kier alpha value is -3.52. The van der Waals surface area contributed by atoms with Crippen LogP contribution in [-0.4, -0.2) is 63.7 Å². The summed E-state index contributed by atoms with van der Waals surface area (Å²) < 4.78 is 18.6. The Labute approximate surface area is 211 Å². The maximum absolute atomic E-state index is 12.6. The van der Waals surface area contributed by atoms with Gasteiger partial charge >= 0.3 is 6.09 Å². The van der Waals surface area contributed by atoms with Crippen molar-refractivity contribution in [1.82, 2.24) is 24.6 Å². The van der Waals surface area contributed by atoms with Crippen LogP contribution in [0.5, 0.6) is 11.8 Å². The number of amides is 1. The fourth-order valence-electron chi connectivity index (χ4n) is 3.84. The average Bonchev–Trinajstić information content (AvgIpc) is 3.44. The average molecular weight is 543 g/mol. The molecule has 0 spiro atoms. The summed E-state index contributed by atoms with van der Waals surface area (Å²) in [6.07, 6.45) is 2.03. The minimum Gasteiger partial charge on any atom is -0.481 e. The van der Waals surface area contributed by atoms with E-state index in [0.717, 1.165) is 16.4 Å². The number of aromatic nitrogens is 4. The number of fused-ring (bicyclic) bond motifs is 1. The fraction of sp³-hybridized carbons (Fsp3) is 0.417. The Balaban J connectivity index is 1.72. The molecular weight excluding hydrogens is 516 g/mol. The van der Waals surface area contributed by atoms with Gasteiger partial charge in [-0.25, -0.2) is 9.78 Å². The summed E-state index contributed by atoms with van der Waals surface area (Å²) >= 11 is 3.59. The van der Waals surface area contributed by atoms with Crippen LogP contribution in [0.4, 0.5) is 10.6 Å². The number of carbonyl (C=O) groups excluding carboxylic acids is 1. The molecule has 0 bridgehead atoms. The molecule has 4 heterocycles. The zero-order chi connectivity index (χ0) is 25.3. The minimum atomic E-state index is -0.558. The van der Waals surface area contributed by atoms with Gasteiger partial charge in [0.25, 0.3) is 0 Å². The van der Waals surface area contributed by atoms with Crippen LogP contribution >= 0.6 is 15.9 Å². The highest BCUT2D eigenvalue weighted by Crippen LogP contribution is 2.34. The molecule has 1 aliphatic rings. The first-order valence-electron chi connectivity index (χ1n) is 11.0. The van der Waals surface area contributed by atoms with Crippen molar-refractivity contribution in [2.75, 3.05) is 33.0 Å². The zero-order valence-corrected chi connectivity index (χ0v) is 21.8. The molecule has 4 rings (SSSR count). The van der Waals surface area contributed by atoms with E-state index in [0.29, 0.717) is 47.3 Å². The Morgan fingerprint density at radius 3 is 2.51 bits per heavy atom. The molecule has 184 valence electrons. The third-order valence-corrected chi connectivity index (χ3v) is 5.97. The van der Waals surface area contributed by atoms with Crippen LogP contribution in [0, 0.1) is 11.8 Å². The number of likely N-dealkylation sites (tertiary alicyclic amines) is 1. The molecule has 1 fully saturated rings. The minimum absolute atomic E-state index is 0.0696. The Bertz CT molecular complexity index is 1320. The molecule has 1 amide bonds. The maximum Gasteiger partial charge on any atom is 0.410 e. The molecule has 0 unspecified atom stereocenters. The van der Waals surface area contributed by atoms with E-state index in [-0.39, 0.29) is 12.1 Å². The Kier molecular flexibility index (Phi) is 6.76. The van der Waals surface area contributed by atoms with Gasteiger partial charge in [-0.05, 0) is 49.0 Å². The molecule has 10 nitrogen and oxygen atoms in total. The number of hydrogen-bond acceptors (Lipinski definition) is 8. The molecule has 0 aromatic carbocycles. The lowest BCUT2D eigenvalue weighted by Crippen LogP contribution is -2.35. The molecule has 0 saturated carbocycles. The van der Waals surface area contributed by atoms with E-state index in [1.165, 1.54) is 14.2 Å². The molecule has 35 heavy (non-hydrogen) atoms. The van der Waals surface area contributed by atoms with E-state index >= 15 is 0 Å². The molecule has 1 aliphatic heterocycles. The van der Waals surface area contributed by atoms with Crippen LogP contribution in [-0.2, 0) is 4.74 Å². The van der Waals surface area contributed by atoms with Crippen LogP contribution in [0.3, 0.4) is 0 Å². The smallest absolute Gasteiger partial charge is 0.410 e. The van der Waals surface area contributed by atoms with E-state index < -0.39 is 5.60 Å². The van der Waals surface area contributed by atoms with E-state index in [1.54, 1.807) is 23.2 Å². The number of methoxy groups -OCH3 is 2. The first-order chi connectivity index (χ1) is 16.6. The van der Waals surface area contributed by atoms with E-state index in [1.807, 2.05) is 25.5 Å². The van der Waals surface area contributed by atoms with Crippen molar-refractivity contribution in [3.63, 3.8) is 0 Å². The van der Waals surface area contributed by atoms with Gasteiger partial charge in [0, 0.05) is 37.0 Å². The van der Waals surface area contributed by atoms with Gasteiger partial charge in [-0.3, -0.25) is 4.68 Å². The van der Waals surface area contributed by atoms with Crippen molar-refractivity contribution in [2.24, 2.45) is 0 Å². The second-order valence-electron chi connectivity index (χ2n) is 9.07. The first kappa shape index (κ1) is 24.6. The first-order valence-corrected chi connectivity index (χ1v) is 11.8. The van der Waals surface area contributed by atoms with E-state index in [4.69, 9.17) is 25.0 Å². The Morgan fingerprint density at radius 1 is 1.20 bits per heavy atom. The number of carbonyl (C=O) groups is 1. The van der Waals surface area contributed by atoms with Crippen LogP contribution in [0.1, 0.15) is 44.5 Å². The second-order valence-corrected chi connectivity index (χ2v) is 9.92. The maximum atomic E-state index is 12.6.